The van der Waals surface area contributed by atoms with Gasteiger partial charge in [-0.1, -0.05) is 12.1 Å². The number of fused-ring (bicyclic) bond motifs is 1. The lowest BCUT2D eigenvalue weighted by Gasteiger charge is -1.84. The summed E-state index contributed by atoms with van der Waals surface area (Å²) >= 11 is 0. The molecule has 0 saturated carbocycles. The maximum atomic E-state index is 6.54. The minimum atomic E-state index is -0.250. The molecule has 9 heteroatoms. The third-order valence-corrected chi connectivity index (χ3v) is 1.70. The molecule has 9 N–H and O–H groups in total. The van der Waals surface area contributed by atoms with Crippen LogP contribution < -0.4 is 17.2 Å². The lowest BCUT2D eigenvalue weighted by molar-refractivity contribution is 0.561. The first-order valence-electron chi connectivity index (χ1n) is 7.25. The summed E-state index contributed by atoms with van der Waals surface area (Å²) in [4.78, 5) is 7.48. The SMILES string of the molecule is CC(=N)N.CC(C)=N.CC(N)=NC(=N)N.Cc1nc2ccccc2o1. The Bertz CT molecular complexity index is 661. The number of amidine groups is 2. The normalized spacial score (nSPS) is 9.40. The van der Waals surface area contributed by atoms with Gasteiger partial charge in [0.2, 0.25) is 5.96 Å². The van der Waals surface area contributed by atoms with E-state index in [-0.39, 0.29) is 11.8 Å². The van der Waals surface area contributed by atoms with Crippen LogP contribution in [0.3, 0.4) is 0 Å². The van der Waals surface area contributed by atoms with E-state index in [1.165, 1.54) is 6.92 Å². The molecule has 0 fully saturated rings. The summed E-state index contributed by atoms with van der Waals surface area (Å²) < 4.78 is 5.26. The number of para-hydroxylation sites is 2. The summed E-state index contributed by atoms with van der Waals surface area (Å²) in [5.74, 6) is 0.953. The molecule has 0 aliphatic rings. The lowest BCUT2D eigenvalue weighted by atomic mass is 10.3. The molecule has 0 amide bonds. The fourth-order valence-corrected chi connectivity index (χ4v) is 1.18. The third kappa shape index (κ3) is 18.7. The van der Waals surface area contributed by atoms with E-state index in [2.05, 4.69) is 9.98 Å². The van der Waals surface area contributed by atoms with E-state index in [1.54, 1.807) is 20.8 Å². The molecular formula is C16H28N8O. The van der Waals surface area contributed by atoms with Crippen LogP contribution in [0.4, 0.5) is 0 Å². The van der Waals surface area contributed by atoms with E-state index in [0.29, 0.717) is 11.5 Å². The smallest absolute Gasteiger partial charge is 0.214 e. The number of hydrogen-bond acceptors (Lipinski definition) is 5. The molecule has 1 aromatic carbocycles. The van der Waals surface area contributed by atoms with Crippen LogP contribution in [0, 0.1) is 23.2 Å². The van der Waals surface area contributed by atoms with Gasteiger partial charge in [-0.25, -0.2) is 9.98 Å². The summed E-state index contributed by atoms with van der Waals surface area (Å²) in [6.07, 6.45) is 0. The molecule has 1 aromatic heterocycles. The number of guanidine groups is 1. The van der Waals surface area contributed by atoms with Crippen molar-refractivity contribution in [3.8, 4) is 0 Å². The molecule has 0 radical (unpaired) electrons. The van der Waals surface area contributed by atoms with Gasteiger partial charge in [-0.15, -0.1) is 0 Å². The Morgan fingerprint density at radius 2 is 1.44 bits per heavy atom. The van der Waals surface area contributed by atoms with Gasteiger partial charge in [0.1, 0.15) is 5.52 Å². The number of rotatable bonds is 0. The first-order valence-corrected chi connectivity index (χ1v) is 7.25. The number of nitrogens with zero attached hydrogens (tertiary/aromatic N) is 2. The number of aromatic nitrogens is 1. The highest BCUT2D eigenvalue weighted by Gasteiger charge is 1.97. The fraction of sp³-hybridized carbons (Fsp3) is 0.312. The fourth-order valence-electron chi connectivity index (χ4n) is 1.18. The summed E-state index contributed by atoms with van der Waals surface area (Å²) in [6.45, 7) is 8.45. The highest BCUT2D eigenvalue weighted by Crippen LogP contribution is 2.12. The Labute approximate surface area is 147 Å². The van der Waals surface area contributed by atoms with E-state index in [0.717, 1.165) is 17.0 Å². The first kappa shape index (κ1) is 24.0. The van der Waals surface area contributed by atoms with Crippen LogP contribution in [0.15, 0.2) is 33.7 Å². The van der Waals surface area contributed by atoms with Crippen LogP contribution in [-0.4, -0.2) is 28.3 Å². The Kier molecular flexibility index (Phi) is 12.7. The number of hydrogen-bond donors (Lipinski definition) is 6. The molecule has 9 nitrogen and oxygen atoms in total. The highest BCUT2D eigenvalue weighted by atomic mass is 16.3. The lowest BCUT2D eigenvalue weighted by Crippen LogP contribution is -2.13. The van der Waals surface area contributed by atoms with Gasteiger partial charge in [-0.2, -0.15) is 0 Å². The molecule has 0 unspecified atom stereocenters. The Morgan fingerprint density at radius 3 is 1.76 bits per heavy atom. The zero-order chi connectivity index (χ0) is 20.0. The van der Waals surface area contributed by atoms with Crippen LogP contribution in [0.2, 0.25) is 0 Å². The summed E-state index contributed by atoms with van der Waals surface area (Å²) in [5.41, 5.74) is 17.0. The molecule has 0 spiro atoms. The minimum absolute atomic E-state index is 0.167. The van der Waals surface area contributed by atoms with Crippen molar-refractivity contribution in [2.75, 3.05) is 0 Å². The van der Waals surface area contributed by atoms with Gasteiger partial charge in [0.05, 0.1) is 11.7 Å². The van der Waals surface area contributed by atoms with E-state index in [4.69, 9.17) is 37.8 Å². The number of nitrogens with two attached hydrogens (primary N) is 3. The predicted molar refractivity (Wildman–Crippen MR) is 105 cm³/mol. The summed E-state index contributed by atoms with van der Waals surface area (Å²) in [7, 11) is 0. The number of benzene rings is 1. The molecule has 0 aliphatic carbocycles. The van der Waals surface area contributed by atoms with E-state index in [9.17, 15) is 0 Å². The van der Waals surface area contributed by atoms with Crippen LogP contribution in [0.25, 0.3) is 11.1 Å². The van der Waals surface area contributed by atoms with Crippen molar-refractivity contribution in [2.24, 2.45) is 22.2 Å². The van der Waals surface area contributed by atoms with Crippen molar-refractivity contribution in [1.82, 2.24) is 4.98 Å². The Morgan fingerprint density at radius 1 is 1.00 bits per heavy atom. The van der Waals surface area contributed by atoms with Crippen LogP contribution >= 0.6 is 0 Å². The second-order valence-electron chi connectivity index (χ2n) is 5.02. The van der Waals surface area contributed by atoms with Gasteiger partial charge in [-0.3, -0.25) is 10.8 Å². The molecule has 2 aromatic rings. The van der Waals surface area contributed by atoms with Crippen LogP contribution in [0.1, 0.15) is 33.6 Å². The van der Waals surface area contributed by atoms with Crippen LogP contribution in [-0.2, 0) is 0 Å². The second kappa shape index (κ2) is 13.2. The monoisotopic (exact) mass is 348 g/mol. The van der Waals surface area contributed by atoms with Gasteiger partial charge in [0.15, 0.2) is 11.5 Å². The largest absolute Gasteiger partial charge is 0.441 e. The average Bonchev–Trinajstić information content (AvgIpc) is 2.76. The molecule has 0 atom stereocenters. The van der Waals surface area contributed by atoms with Crippen LogP contribution in [0.5, 0.6) is 0 Å². The standard InChI is InChI=1S/C8H7NO.C3H8N4.C3H7N.C2H6N2/c1-6-9-7-4-2-3-5-8(7)10-6;1-2(4)7-3(5)6;1-3(2)4;1-2(3)4/h2-5H,1H3;1H3,(H5,4,5,6,7);4H,1-2H3;1H3,(H3,3,4). The van der Waals surface area contributed by atoms with E-state index in [1.807, 2.05) is 31.2 Å². The van der Waals surface area contributed by atoms with Gasteiger partial charge in [-0.05, 0) is 39.8 Å². The molecule has 25 heavy (non-hydrogen) atoms. The maximum Gasteiger partial charge on any atom is 0.214 e. The number of aliphatic imine (C=N–C) groups is 1. The Balaban J connectivity index is 0. The molecule has 2 rings (SSSR count). The van der Waals surface area contributed by atoms with Crippen molar-refractivity contribution >= 4 is 34.4 Å². The highest BCUT2D eigenvalue weighted by molar-refractivity contribution is 5.91. The Hall–Kier alpha value is -3.23. The van der Waals surface area contributed by atoms with Crippen molar-refractivity contribution in [3.63, 3.8) is 0 Å². The van der Waals surface area contributed by atoms with Crippen molar-refractivity contribution < 1.29 is 4.42 Å². The molecule has 0 aliphatic heterocycles. The number of aryl methyl sites for hydroxylation is 1. The average molecular weight is 348 g/mol. The predicted octanol–water partition coefficient (Wildman–Crippen LogP) is 2.38. The summed E-state index contributed by atoms with van der Waals surface area (Å²) in [5, 5.41) is 19.3. The van der Waals surface area contributed by atoms with Gasteiger partial charge in [0.25, 0.3) is 0 Å². The van der Waals surface area contributed by atoms with E-state index < -0.39 is 0 Å². The van der Waals surface area contributed by atoms with Crippen molar-refractivity contribution in [2.45, 2.75) is 34.6 Å². The maximum absolute atomic E-state index is 6.54. The quantitative estimate of drug-likeness (QED) is 0.314. The van der Waals surface area contributed by atoms with E-state index >= 15 is 0 Å². The molecule has 1 heterocycles. The molecule has 0 bridgehead atoms. The summed E-state index contributed by atoms with van der Waals surface area (Å²) in [6, 6.07) is 7.73. The van der Waals surface area contributed by atoms with Crippen molar-refractivity contribution in [3.05, 3.63) is 30.2 Å². The van der Waals surface area contributed by atoms with Crippen molar-refractivity contribution in [1.29, 1.82) is 16.2 Å². The zero-order valence-electron chi connectivity index (χ0n) is 15.3. The molecule has 0 saturated heterocycles. The first-order chi connectivity index (χ1) is 11.5. The van der Waals surface area contributed by atoms with Gasteiger partial charge >= 0.3 is 0 Å². The minimum Gasteiger partial charge on any atom is -0.441 e. The van der Waals surface area contributed by atoms with Gasteiger partial charge in [0, 0.05) is 12.6 Å². The zero-order valence-corrected chi connectivity index (χ0v) is 15.3. The molecular weight excluding hydrogens is 320 g/mol. The number of nitrogens with one attached hydrogen (secondary N) is 3. The number of oxazole rings is 1. The third-order valence-electron chi connectivity index (χ3n) is 1.70. The molecule has 138 valence electrons. The second-order valence-corrected chi connectivity index (χ2v) is 5.02. The van der Waals surface area contributed by atoms with Gasteiger partial charge < -0.3 is 27.0 Å². The topological polar surface area (TPSA) is 188 Å².